The minimum atomic E-state index is -3.19. The third-order valence-corrected chi connectivity index (χ3v) is 3.69. The Labute approximate surface area is 102 Å². The first-order valence-corrected chi connectivity index (χ1v) is 7.15. The molecule has 0 radical (unpaired) electrons. The molecule has 0 amide bonds. The zero-order valence-electron chi connectivity index (χ0n) is 9.98. The third kappa shape index (κ3) is 4.24. The highest BCUT2D eigenvalue weighted by Gasteiger charge is 2.18. The van der Waals surface area contributed by atoms with E-state index >= 15 is 0 Å². The van der Waals surface area contributed by atoms with Crippen molar-refractivity contribution in [3.8, 4) is 12.1 Å². The zero-order chi connectivity index (χ0) is 12.7. The molecule has 92 valence electrons. The summed E-state index contributed by atoms with van der Waals surface area (Å²) in [6.07, 6.45) is 6.14. The van der Waals surface area contributed by atoms with Crippen LogP contribution in [-0.4, -0.2) is 13.2 Å². The molecule has 1 aromatic carbocycles. The monoisotopic (exact) mass is 253 g/mol. The topological polar surface area (TPSA) is 66.0 Å². The lowest BCUT2D eigenvalue weighted by Gasteiger charge is -2.14. The van der Waals surface area contributed by atoms with Gasteiger partial charge in [-0.15, -0.1) is 6.42 Å². The first-order chi connectivity index (χ1) is 8.13. The molecule has 0 aliphatic carbocycles. The molecular weight excluding hydrogens is 235 g/mol. The molecule has 0 spiro atoms. The van der Waals surface area contributed by atoms with E-state index in [2.05, 4.69) is 16.5 Å². The van der Waals surface area contributed by atoms with Crippen LogP contribution in [0.3, 0.4) is 0 Å². The number of hydrogen-bond acceptors (Lipinski definition) is 2. The smallest absolute Gasteiger partial charge is 0.357 e. The first kappa shape index (κ1) is 13.8. The summed E-state index contributed by atoms with van der Waals surface area (Å²) in [6, 6.07) is 7.60. The fourth-order valence-electron chi connectivity index (χ4n) is 1.40. The van der Waals surface area contributed by atoms with Crippen molar-refractivity contribution in [3.63, 3.8) is 0 Å². The molecule has 4 N–H and O–H groups in total. The maximum Gasteiger partial charge on any atom is 0.367 e. The van der Waals surface area contributed by atoms with Gasteiger partial charge in [-0.25, -0.2) is 0 Å². The Kier molecular flexibility index (Phi) is 5.24. The van der Waals surface area contributed by atoms with Gasteiger partial charge in [0.15, 0.2) is 0 Å². The van der Waals surface area contributed by atoms with Crippen molar-refractivity contribution in [2.45, 2.75) is 13.3 Å². The van der Waals surface area contributed by atoms with Gasteiger partial charge in [-0.3, -0.25) is 4.57 Å². The largest absolute Gasteiger partial charge is 0.367 e. The van der Waals surface area contributed by atoms with Crippen molar-refractivity contribution in [3.05, 3.63) is 29.8 Å². The molecule has 1 atom stereocenters. The lowest BCUT2D eigenvalue weighted by Crippen LogP contribution is -2.51. The van der Waals surface area contributed by atoms with E-state index in [1.807, 2.05) is 24.3 Å². The molecule has 0 bridgehead atoms. The molecule has 17 heavy (non-hydrogen) atoms. The number of hydrogen-bond donors (Lipinski definition) is 2. The Balaban J connectivity index is 2.75. The summed E-state index contributed by atoms with van der Waals surface area (Å²) < 4.78 is 17.0. The van der Waals surface area contributed by atoms with E-state index in [0.717, 1.165) is 13.0 Å². The van der Waals surface area contributed by atoms with Crippen LogP contribution in [0.5, 0.6) is 0 Å². The van der Waals surface area contributed by atoms with Gasteiger partial charge in [-0.05, 0) is 24.6 Å². The summed E-state index contributed by atoms with van der Waals surface area (Å²) in [5, 5.41) is 2.76. The van der Waals surface area contributed by atoms with E-state index in [9.17, 15) is 4.57 Å². The predicted octanol–water partition coefficient (Wildman–Crippen LogP) is 1.70. The molecule has 0 aromatic heterocycles. The molecule has 1 aromatic rings. The van der Waals surface area contributed by atoms with E-state index < -0.39 is 7.52 Å². The van der Waals surface area contributed by atoms with Crippen LogP contribution in [0.2, 0.25) is 0 Å². The molecule has 0 saturated carbocycles. The summed E-state index contributed by atoms with van der Waals surface area (Å²) in [4.78, 5) is 0. The van der Waals surface area contributed by atoms with Crippen LogP contribution < -0.4 is 10.8 Å². The Hall–Kier alpha value is -1.27. The van der Waals surface area contributed by atoms with E-state index in [1.165, 1.54) is 5.56 Å². The maximum atomic E-state index is 12.0. The molecule has 0 fully saturated rings. The van der Waals surface area contributed by atoms with Gasteiger partial charge in [0.05, 0.1) is 13.2 Å². The summed E-state index contributed by atoms with van der Waals surface area (Å²) in [5.74, 6) is 0. The van der Waals surface area contributed by atoms with Crippen LogP contribution in [-0.2, 0) is 15.5 Å². The van der Waals surface area contributed by atoms with Crippen molar-refractivity contribution in [2.75, 3.05) is 18.2 Å². The number of quaternary nitrogens is 1. The molecule has 0 aliphatic rings. The van der Waals surface area contributed by atoms with Crippen LogP contribution in [0, 0.1) is 12.1 Å². The lowest BCUT2D eigenvalue weighted by molar-refractivity contribution is -0.366. The quantitative estimate of drug-likeness (QED) is 0.599. The van der Waals surface area contributed by atoms with Crippen LogP contribution in [0.4, 0.5) is 5.69 Å². The molecule has 0 heterocycles. The van der Waals surface area contributed by atoms with Crippen LogP contribution in [0.25, 0.3) is 0 Å². The van der Waals surface area contributed by atoms with E-state index in [0.29, 0.717) is 12.3 Å². The number of rotatable bonds is 6. The molecule has 1 rings (SSSR count). The van der Waals surface area contributed by atoms with Gasteiger partial charge in [-0.1, -0.05) is 12.1 Å². The van der Waals surface area contributed by atoms with Crippen molar-refractivity contribution in [1.29, 1.82) is 0 Å². The summed E-state index contributed by atoms with van der Waals surface area (Å²) in [7, 11) is -3.19. The fourth-order valence-corrected chi connectivity index (χ4v) is 2.46. The highest BCUT2D eigenvalue weighted by molar-refractivity contribution is 7.65. The standard InChI is InChI=1S/C12H17N2O2P/c1-3-16-17(15,4-2)14-12-7-5-11(6-8-12)9-10-13/h2,5-8H,3,9-10,13H2,1H3,(H,14,15)/p+1. The highest BCUT2D eigenvalue weighted by atomic mass is 31.2. The van der Waals surface area contributed by atoms with Gasteiger partial charge in [0.2, 0.25) is 0 Å². The Bertz CT molecular complexity index is 437. The van der Waals surface area contributed by atoms with Gasteiger partial charge in [0.1, 0.15) is 0 Å². The number of benzene rings is 1. The minimum Gasteiger partial charge on any atom is -0.357 e. The second-order valence-corrected chi connectivity index (χ2v) is 5.35. The molecule has 0 aliphatic heterocycles. The Morgan fingerprint density at radius 2 is 2.12 bits per heavy atom. The lowest BCUT2D eigenvalue weighted by atomic mass is 10.1. The molecule has 0 saturated heterocycles. The van der Waals surface area contributed by atoms with E-state index in [4.69, 9.17) is 10.9 Å². The number of terminal acetylenes is 1. The van der Waals surface area contributed by atoms with Gasteiger partial charge in [0.25, 0.3) is 0 Å². The molecule has 1 unspecified atom stereocenters. The number of anilines is 1. The SMILES string of the molecule is C#CP(=O)(Nc1ccc(CC[NH3+])cc1)OCC. The Morgan fingerprint density at radius 1 is 1.47 bits per heavy atom. The van der Waals surface area contributed by atoms with Gasteiger partial charge in [0, 0.05) is 17.8 Å². The van der Waals surface area contributed by atoms with Crippen LogP contribution in [0.1, 0.15) is 12.5 Å². The second-order valence-electron chi connectivity index (χ2n) is 3.51. The van der Waals surface area contributed by atoms with Gasteiger partial charge >= 0.3 is 7.52 Å². The average Bonchev–Trinajstić information content (AvgIpc) is 2.32. The van der Waals surface area contributed by atoms with E-state index in [1.54, 1.807) is 6.92 Å². The fraction of sp³-hybridized carbons (Fsp3) is 0.333. The third-order valence-electron chi connectivity index (χ3n) is 2.18. The van der Waals surface area contributed by atoms with Gasteiger partial charge in [-0.2, -0.15) is 0 Å². The normalized spacial score (nSPS) is 13.7. The van der Waals surface area contributed by atoms with Gasteiger partial charge < -0.3 is 15.3 Å². The van der Waals surface area contributed by atoms with E-state index in [-0.39, 0.29) is 0 Å². The van der Waals surface area contributed by atoms with Crippen LogP contribution >= 0.6 is 7.52 Å². The molecule has 4 nitrogen and oxygen atoms in total. The Morgan fingerprint density at radius 3 is 2.59 bits per heavy atom. The van der Waals surface area contributed by atoms with Crippen molar-refractivity contribution in [1.82, 2.24) is 0 Å². The summed E-state index contributed by atoms with van der Waals surface area (Å²) >= 11 is 0. The summed E-state index contributed by atoms with van der Waals surface area (Å²) in [5.41, 5.74) is 7.87. The minimum absolute atomic E-state index is 0.314. The van der Waals surface area contributed by atoms with Crippen molar-refractivity contribution >= 4 is 13.2 Å². The van der Waals surface area contributed by atoms with Crippen molar-refractivity contribution < 1.29 is 14.8 Å². The predicted molar refractivity (Wildman–Crippen MR) is 69.6 cm³/mol. The first-order valence-electron chi connectivity index (χ1n) is 5.52. The molecule has 5 heteroatoms. The number of nitrogens with one attached hydrogen (secondary N) is 1. The summed E-state index contributed by atoms with van der Waals surface area (Å²) in [6.45, 7) is 2.92. The second kappa shape index (κ2) is 6.46. The zero-order valence-corrected chi connectivity index (χ0v) is 10.9. The van der Waals surface area contributed by atoms with Crippen LogP contribution in [0.15, 0.2) is 24.3 Å². The highest BCUT2D eigenvalue weighted by Crippen LogP contribution is 2.45. The average molecular weight is 253 g/mol. The molecular formula is C12H18N2O2P+. The van der Waals surface area contributed by atoms with Crippen molar-refractivity contribution in [2.24, 2.45) is 0 Å². The maximum absolute atomic E-state index is 12.0.